The standard InChI is InChI=1S/C19H24N4O4/c1-5-26-19(25)15-16(24)14(27-18(15)22-23(4)11(2)3)9-12-10-21-17-13(12)7-6-8-20-17/h6-11,15,18,22H,5H2,1-4H3,(H,20,21)/b14-9-. The number of hydrogen-bond donors (Lipinski definition) is 2. The van der Waals surface area contributed by atoms with Gasteiger partial charge in [-0.2, -0.15) is 0 Å². The van der Waals surface area contributed by atoms with Crippen molar-refractivity contribution in [2.45, 2.75) is 33.0 Å². The summed E-state index contributed by atoms with van der Waals surface area (Å²) in [6.07, 6.45) is 4.25. The fourth-order valence-electron chi connectivity index (χ4n) is 2.81. The summed E-state index contributed by atoms with van der Waals surface area (Å²) in [5, 5.41) is 2.66. The number of aromatic amines is 1. The molecule has 1 aliphatic heterocycles. The molecule has 0 radical (unpaired) electrons. The molecule has 2 atom stereocenters. The van der Waals surface area contributed by atoms with E-state index in [1.807, 2.05) is 33.0 Å². The summed E-state index contributed by atoms with van der Waals surface area (Å²) in [4.78, 5) is 32.5. The van der Waals surface area contributed by atoms with Crippen LogP contribution >= 0.6 is 0 Å². The first-order valence-corrected chi connectivity index (χ1v) is 8.92. The van der Waals surface area contributed by atoms with Gasteiger partial charge < -0.3 is 14.5 Å². The number of H-pyrrole nitrogens is 1. The van der Waals surface area contributed by atoms with Crippen LogP contribution in [-0.4, -0.2) is 52.7 Å². The van der Waals surface area contributed by atoms with Gasteiger partial charge in [0.05, 0.1) is 6.61 Å². The molecule has 0 amide bonds. The number of fused-ring (bicyclic) bond motifs is 1. The third-order valence-corrected chi connectivity index (χ3v) is 4.50. The molecule has 2 unspecified atom stereocenters. The van der Waals surface area contributed by atoms with Crippen molar-refractivity contribution in [1.29, 1.82) is 0 Å². The van der Waals surface area contributed by atoms with Crippen molar-refractivity contribution in [3.05, 3.63) is 35.8 Å². The second kappa shape index (κ2) is 7.89. The summed E-state index contributed by atoms with van der Waals surface area (Å²) in [5.74, 6) is -1.93. The Morgan fingerprint density at radius 1 is 1.52 bits per heavy atom. The Morgan fingerprint density at radius 3 is 3.00 bits per heavy atom. The Kier molecular flexibility index (Phi) is 5.57. The first kappa shape index (κ1) is 19.1. The number of nitrogens with one attached hydrogen (secondary N) is 2. The normalized spacial score (nSPS) is 21.4. The average molecular weight is 372 g/mol. The van der Waals surface area contributed by atoms with Crippen molar-refractivity contribution in [2.24, 2.45) is 5.92 Å². The minimum atomic E-state index is -1.05. The van der Waals surface area contributed by atoms with Crippen LogP contribution in [0.2, 0.25) is 0 Å². The molecule has 8 heteroatoms. The van der Waals surface area contributed by atoms with Gasteiger partial charge in [0.2, 0.25) is 5.78 Å². The van der Waals surface area contributed by atoms with E-state index in [0.717, 1.165) is 10.9 Å². The molecule has 0 aromatic carbocycles. The van der Waals surface area contributed by atoms with E-state index in [-0.39, 0.29) is 18.4 Å². The van der Waals surface area contributed by atoms with E-state index in [4.69, 9.17) is 9.47 Å². The molecule has 27 heavy (non-hydrogen) atoms. The Balaban J connectivity index is 1.92. The fraction of sp³-hybridized carbons (Fsp3) is 0.421. The summed E-state index contributed by atoms with van der Waals surface area (Å²) in [6, 6.07) is 3.87. The molecule has 1 saturated heterocycles. The number of allylic oxidation sites excluding steroid dienone is 1. The first-order valence-electron chi connectivity index (χ1n) is 8.92. The molecule has 1 fully saturated rings. The van der Waals surface area contributed by atoms with Gasteiger partial charge in [0.25, 0.3) is 0 Å². The number of carbonyl (C=O) groups is 2. The van der Waals surface area contributed by atoms with E-state index in [1.54, 1.807) is 30.4 Å². The maximum atomic E-state index is 12.9. The Labute approximate surface area is 157 Å². The molecule has 2 aromatic rings. The minimum absolute atomic E-state index is 0.118. The molecule has 3 heterocycles. The van der Waals surface area contributed by atoms with Gasteiger partial charge in [0.1, 0.15) is 5.65 Å². The van der Waals surface area contributed by atoms with Crippen LogP contribution < -0.4 is 5.43 Å². The van der Waals surface area contributed by atoms with E-state index in [2.05, 4.69) is 15.4 Å². The number of hydrogen-bond acceptors (Lipinski definition) is 7. The highest BCUT2D eigenvalue weighted by Crippen LogP contribution is 2.29. The van der Waals surface area contributed by atoms with Crippen LogP contribution in [0.5, 0.6) is 0 Å². The van der Waals surface area contributed by atoms with E-state index in [0.29, 0.717) is 5.65 Å². The molecule has 1 aliphatic rings. The Hall–Kier alpha value is -2.71. The third-order valence-electron chi connectivity index (χ3n) is 4.50. The molecule has 0 aliphatic carbocycles. The van der Waals surface area contributed by atoms with Crippen molar-refractivity contribution in [2.75, 3.05) is 13.7 Å². The van der Waals surface area contributed by atoms with E-state index in [1.165, 1.54) is 0 Å². The van der Waals surface area contributed by atoms with Gasteiger partial charge in [-0.3, -0.25) is 9.59 Å². The lowest BCUT2D eigenvalue weighted by molar-refractivity contribution is -0.153. The lowest BCUT2D eigenvalue weighted by Crippen LogP contribution is -2.50. The van der Waals surface area contributed by atoms with Crippen molar-refractivity contribution in [3.63, 3.8) is 0 Å². The second-order valence-corrected chi connectivity index (χ2v) is 6.62. The SMILES string of the molecule is CCOC(=O)C1C(=O)/C(=C/c2c[nH]c3ncccc23)OC1NN(C)C(C)C. The van der Waals surface area contributed by atoms with Crippen LogP contribution in [-0.2, 0) is 19.1 Å². The highest BCUT2D eigenvalue weighted by atomic mass is 16.6. The molecular formula is C19H24N4O4. The number of ether oxygens (including phenoxy) is 2. The number of rotatable bonds is 6. The highest BCUT2D eigenvalue weighted by molar-refractivity contribution is 6.12. The smallest absolute Gasteiger partial charge is 0.322 e. The number of esters is 1. The zero-order chi connectivity index (χ0) is 19.6. The average Bonchev–Trinajstić information content (AvgIpc) is 3.17. The van der Waals surface area contributed by atoms with Crippen LogP contribution in [0.25, 0.3) is 17.1 Å². The Morgan fingerprint density at radius 2 is 2.30 bits per heavy atom. The van der Waals surface area contributed by atoms with Gasteiger partial charge in [-0.15, -0.1) is 0 Å². The predicted octanol–water partition coefficient (Wildman–Crippen LogP) is 1.85. The summed E-state index contributed by atoms with van der Waals surface area (Å²) < 4.78 is 10.9. The molecule has 8 nitrogen and oxygen atoms in total. The van der Waals surface area contributed by atoms with Gasteiger partial charge in [-0.25, -0.2) is 15.4 Å². The van der Waals surface area contributed by atoms with Crippen molar-refractivity contribution in [1.82, 2.24) is 20.4 Å². The second-order valence-electron chi connectivity index (χ2n) is 6.62. The van der Waals surface area contributed by atoms with Crippen LogP contribution in [0, 0.1) is 5.92 Å². The van der Waals surface area contributed by atoms with Crippen LogP contribution in [0.3, 0.4) is 0 Å². The molecular weight excluding hydrogens is 348 g/mol. The number of carbonyl (C=O) groups excluding carboxylic acids is 2. The minimum Gasteiger partial charge on any atom is -0.469 e. The molecule has 144 valence electrons. The molecule has 0 spiro atoms. The maximum Gasteiger partial charge on any atom is 0.322 e. The van der Waals surface area contributed by atoms with Crippen molar-refractivity contribution in [3.8, 4) is 0 Å². The number of pyridine rings is 1. The quantitative estimate of drug-likeness (QED) is 0.346. The number of aromatic nitrogens is 2. The third kappa shape index (κ3) is 3.86. The summed E-state index contributed by atoms with van der Waals surface area (Å²) in [6.45, 7) is 5.87. The van der Waals surface area contributed by atoms with Crippen molar-refractivity contribution < 1.29 is 19.1 Å². The van der Waals surface area contributed by atoms with Crippen LogP contribution in [0.15, 0.2) is 30.3 Å². The Bertz CT molecular complexity index is 873. The van der Waals surface area contributed by atoms with Gasteiger partial charge in [0.15, 0.2) is 17.9 Å². The number of nitrogens with zero attached hydrogens (tertiary/aromatic N) is 2. The maximum absolute atomic E-state index is 12.9. The summed E-state index contributed by atoms with van der Waals surface area (Å²) >= 11 is 0. The van der Waals surface area contributed by atoms with E-state index in [9.17, 15) is 9.59 Å². The lowest BCUT2D eigenvalue weighted by Gasteiger charge is -2.27. The molecule has 2 aromatic heterocycles. The van der Waals surface area contributed by atoms with Gasteiger partial charge in [-0.1, -0.05) is 0 Å². The van der Waals surface area contributed by atoms with Crippen LogP contribution in [0.4, 0.5) is 0 Å². The van der Waals surface area contributed by atoms with Crippen molar-refractivity contribution >= 4 is 28.9 Å². The molecule has 0 saturated carbocycles. The fourth-order valence-corrected chi connectivity index (χ4v) is 2.81. The number of ketones is 1. The topological polar surface area (TPSA) is 96.6 Å². The summed E-state index contributed by atoms with van der Waals surface area (Å²) in [7, 11) is 1.83. The lowest BCUT2D eigenvalue weighted by atomic mass is 10.0. The first-order chi connectivity index (χ1) is 12.9. The van der Waals surface area contributed by atoms with Crippen LogP contribution in [0.1, 0.15) is 26.3 Å². The summed E-state index contributed by atoms with van der Waals surface area (Å²) in [5.41, 5.74) is 4.55. The molecule has 2 N–H and O–H groups in total. The van der Waals surface area contributed by atoms with Gasteiger partial charge >= 0.3 is 5.97 Å². The number of Topliss-reactive ketones (excluding diaryl/α,β-unsaturated/α-hetero) is 1. The van der Waals surface area contributed by atoms with Gasteiger partial charge in [0, 0.05) is 36.4 Å². The predicted molar refractivity (Wildman–Crippen MR) is 100 cm³/mol. The highest BCUT2D eigenvalue weighted by Gasteiger charge is 2.47. The largest absolute Gasteiger partial charge is 0.469 e. The van der Waals surface area contributed by atoms with E-state index < -0.39 is 23.9 Å². The number of hydrazine groups is 1. The zero-order valence-corrected chi connectivity index (χ0v) is 15.9. The molecule has 3 rings (SSSR count). The van der Waals surface area contributed by atoms with Gasteiger partial charge in [-0.05, 0) is 39.0 Å². The zero-order valence-electron chi connectivity index (χ0n) is 15.9. The molecule has 0 bridgehead atoms. The van der Waals surface area contributed by atoms with E-state index >= 15 is 0 Å². The monoisotopic (exact) mass is 372 g/mol.